The number of benzene rings is 1. The Morgan fingerprint density at radius 1 is 1.09 bits per heavy atom. The molecule has 8 nitrogen and oxygen atoms in total. The van der Waals surface area contributed by atoms with Gasteiger partial charge in [-0.2, -0.15) is 5.10 Å². The number of amides is 3. The Kier molecular flexibility index (Phi) is 9.30. The maximum absolute atomic E-state index is 13.3. The summed E-state index contributed by atoms with van der Waals surface area (Å²) in [6.45, 7) is 6.82. The normalized spacial score (nSPS) is 11.7. The summed E-state index contributed by atoms with van der Waals surface area (Å²) in [6.07, 6.45) is 1.86. The van der Waals surface area contributed by atoms with Crippen molar-refractivity contribution in [2.24, 2.45) is 0 Å². The molecule has 1 unspecified atom stereocenters. The smallest absolute Gasteiger partial charge is 0.271 e. The molecule has 2 rings (SSSR count). The number of halogens is 2. The first-order valence-corrected chi connectivity index (χ1v) is 10.7. The summed E-state index contributed by atoms with van der Waals surface area (Å²) >= 11 is 0. The van der Waals surface area contributed by atoms with Gasteiger partial charge in [-0.3, -0.25) is 19.5 Å². The van der Waals surface area contributed by atoms with Gasteiger partial charge in [-0.15, -0.1) is 0 Å². The molecule has 0 saturated heterocycles. The van der Waals surface area contributed by atoms with Crippen LogP contribution in [0, 0.1) is 11.6 Å². The Morgan fingerprint density at radius 2 is 1.78 bits per heavy atom. The summed E-state index contributed by atoms with van der Waals surface area (Å²) in [4.78, 5) is 39.1. The number of anilines is 1. The average Bonchev–Trinajstić information content (AvgIpc) is 3.19. The van der Waals surface area contributed by atoms with E-state index in [1.807, 2.05) is 13.8 Å². The van der Waals surface area contributed by atoms with Crippen molar-refractivity contribution >= 4 is 23.5 Å². The van der Waals surface area contributed by atoms with Gasteiger partial charge >= 0.3 is 0 Å². The number of carbonyl (C=O) groups excluding carboxylic acids is 3. The Morgan fingerprint density at radius 3 is 2.38 bits per heavy atom. The Hall–Kier alpha value is -3.30. The summed E-state index contributed by atoms with van der Waals surface area (Å²) in [5, 5.41) is 11.7. The Bertz CT molecular complexity index is 927. The van der Waals surface area contributed by atoms with Crippen LogP contribution < -0.4 is 10.6 Å². The number of rotatable bonds is 11. The Balaban J connectivity index is 1.96. The third kappa shape index (κ3) is 7.14. The predicted molar refractivity (Wildman–Crippen MR) is 116 cm³/mol. The van der Waals surface area contributed by atoms with E-state index in [0.29, 0.717) is 13.1 Å². The van der Waals surface area contributed by atoms with Crippen molar-refractivity contribution in [1.82, 2.24) is 20.4 Å². The Labute approximate surface area is 185 Å². The highest BCUT2D eigenvalue weighted by Crippen LogP contribution is 2.11. The fourth-order valence-corrected chi connectivity index (χ4v) is 3.13. The van der Waals surface area contributed by atoms with Crippen molar-refractivity contribution in [3.05, 3.63) is 47.2 Å². The van der Waals surface area contributed by atoms with Crippen molar-refractivity contribution < 1.29 is 23.2 Å². The average molecular weight is 450 g/mol. The minimum absolute atomic E-state index is 0.157. The van der Waals surface area contributed by atoms with Gasteiger partial charge in [-0.1, -0.05) is 20.3 Å². The van der Waals surface area contributed by atoms with E-state index < -0.39 is 29.5 Å². The number of nitrogens with one attached hydrogen (secondary N) is 3. The first-order chi connectivity index (χ1) is 15.3. The summed E-state index contributed by atoms with van der Waals surface area (Å²) in [5.74, 6) is -2.68. The van der Waals surface area contributed by atoms with Crippen molar-refractivity contribution in [2.45, 2.75) is 52.5 Å². The molecule has 2 aromatic rings. The maximum Gasteiger partial charge on any atom is 0.271 e. The lowest BCUT2D eigenvalue weighted by Crippen LogP contribution is -2.44. The lowest BCUT2D eigenvalue weighted by Gasteiger charge is -2.19. The molecule has 1 heterocycles. The highest BCUT2D eigenvalue weighted by Gasteiger charge is 2.22. The van der Waals surface area contributed by atoms with Gasteiger partial charge in [0.25, 0.3) is 5.91 Å². The second-order valence-electron chi connectivity index (χ2n) is 7.38. The molecule has 3 amide bonds. The fourth-order valence-electron chi connectivity index (χ4n) is 3.13. The number of hydrogen-bond acceptors (Lipinski definition) is 4. The molecular formula is C22H29F2N5O3. The molecule has 1 aromatic heterocycles. The molecule has 3 N–H and O–H groups in total. The minimum Gasteiger partial charge on any atom is -0.344 e. The first kappa shape index (κ1) is 25.0. The van der Waals surface area contributed by atoms with Crippen LogP contribution in [0.2, 0.25) is 0 Å². The van der Waals surface area contributed by atoms with Crippen LogP contribution in [0.15, 0.2) is 24.3 Å². The van der Waals surface area contributed by atoms with Crippen molar-refractivity contribution in [3.8, 4) is 0 Å². The molecule has 174 valence electrons. The van der Waals surface area contributed by atoms with Crippen molar-refractivity contribution in [3.63, 3.8) is 0 Å². The maximum atomic E-state index is 13.3. The lowest BCUT2D eigenvalue weighted by molar-refractivity contribution is -0.126. The van der Waals surface area contributed by atoms with Crippen LogP contribution in [0.4, 0.5) is 14.6 Å². The molecule has 0 saturated carbocycles. The van der Waals surface area contributed by atoms with E-state index >= 15 is 0 Å². The number of nitrogens with zero attached hydrogens (tertiary/aromatic N) is 2. The molecule has 32 heavy (non-hydrogen) atoms. The van der Waals surface area contributed by atoms with Crippen molar-refractivity contribution in [1.29, 1.82) is 0 Å². The van der Waals surface area contributed by atoms with E-state index in [4.69, 9.17) is 0 Å². The largest absolute Gasteiger partial charge is 0.344 e. The third-order valence-electron chi connectivity index (χ3n) is 4.86. The molecule has 0 radical (unpaired) electrons. The van der Waals surface area contributed by atoms with Gasteiger partial charge in [-0.05, 0) is 37.5 Å². The zero-order chi connectivity index (χ0) is 23.7. The van der Waals surface area contributed by atoms with E-state index in [9.17, 15) is 23.2 Å². The first-order valence-electron chi connectivity index (χ1n) is 10.7. The van der Waals surface area contributed by atoms with Gasteiger partial charge in [0.05, 0.1) is 6.42 Å². The second kappa shape index (κ2) is 11.9. The lowest BCUT2D eigenvalue weighted by atomic mass is 10.1. The highest BCUT2D eigenvalue weighted by atomic mass is 19.1. The van der Waals surface area contributed by atoms with E-state index in [1.165, 1.54) is 6.07 Å². The van der Waals surface area contributed by atoms with Crippen LogP contribution in [0.25, 0.3) is 0 Å². The quantitative estimate of drug-likeness (QED) is 0.490. The monoisotopic (exact) mass is 449 g/mol. The molecule has 10 heteroatoms. The van der Waals surface area contributed by atoms with Crippen LogP contribution in [-0.2, 0) is 16.0 Å². The van der Waals surface area contributed by atoms with Gasteiger partial charge in [-0.25, -0.2) is 8.78 Å². The van der Waals surface area contributed by atoms with Gasteiger partial charge in [0.1, 0.15) is 23.4 Å². The number of H-pyrrole nitrogens is 1. The van der Waals surface area contributed by atoms with E-state index in [0.717, 1.165) is 31.0 Å². The van der Waals surface area contributed by atoms with Gasteiger partial charge < -0.3 is 15.5 Å². The fraction of sp³-hybridized carbons (Fsp3) is 0.455. The molecule has 0 aliphatic rings. The van der Waals surface area contributed by atoms with Crippen LogP contribution in [0.3, 0.4) is 0 Å². The number of hydrogen-bond donors (Lipinski definition) is 3. The molecule has 0 bridgehead atoms. The summed E-state index contributed by atoms with van der Waals surface area (Å²) < 4.78 is 26.6. The predicted octanol–water partition coefficient (Wildman–Crippen LogP) is 3.03. The topological polar surface area (TPSA) is 107 Å². The minimum atomic E-state index is -0.881. The SMILES string of the molecule is CCCCN(CC)C(=O)c1cc(NC(=O)C(CC)NC(=O)Cc2cc(F)cc(F)c2)n[nH]1. The van der Waals surface area contributed by atoms with Gasteiger partial charge in [0.15, 0.2) is 5.82 Å². The number of aromatic amines is 1. The zero-order valence-electron chi connectivity index (χ0n) is 18.5. The number of unbranched alkanes of at least 4 members (excludes halogenated alkanes) is 1. The summed E-state index contributed by atoms with van der Waals surface area (Å²) in [7, 11) is 0. The summed E-state index contributed by atoms with van der Waals surface area (Å²) in [6, 6.07) is 3.40. The van der Waals surface area contributed by atoms with Crippen LogP contribution in [-0.4, -0.2) is 52.0 Å². The summed E-state index contributed by atoms with van der Waals surface area (Å²) in [5.41, 5.74) is 0.415. The second-order valence-corrected chi connectivity index (χ2v) is 7.38. The van der Waals surface area contributed by atoms with Gasteiger partial charge in [0.2, 0.25) is 11.8 Å². The molecule has 1 atom stereocenters. The van der Waals surface area contributed by atoms with E-state index in [2.05, 4.69) is 20.8 Å². The molecule has 0 spiro atoms. The molecule has 1 aromatic carbocycles. The zero-order valence-corrected chi connectivity index (χ0v) is 18.5. The standard InChI is InChI=1S/C22H29F2N5O3/c1-4-7-8-29(6-3)22(32)18-13-19(28-27-18)26-21(31)17(5-2)25-20(30)11-14-9-15(23)12-16(24)10-14/h9-10,12-13,17H,4-8,11H2,1-3H3,(H,25,30)(H2,26,27,28,31). The van der Waals surface area contributed by atoms with Crippen LogP contribution in [0.5, 0.6) is 0 Å². The number of carbonyl (C=O) groups is 3. The molecule has 0 aliphatic heterocycles. The van der Waals surface area contributed by atoms with Crippen LogP contribution >= 0.6 is 0 Å². The van der Waals surface area contributed by atoms with E-state index in [1.54, 1.807) is 11.8 Å². The highest BCUT2D eigenvalue weighted by molar-refractivity contribution is 5.98. The molecule has 0 aliphatic carbocycles. The third-order valence-corrected chi connectivity index (χ3v) is 4.86. The molecule has 0 fully saturated rings. The van der Waals surface area contributed by atoms with Gasteiger partial charge in [0, 0.05) is 25.2 Å². The molecular weight excluding hydrogens is 420 g/mol. The number of aromatic nitrogens is 2. The van der Waals surface area contributed by atoms with Crippen molar-refractivity contribution in [2.75, 3.05) is 18.4 Å². The van der Waals surface area contributed by atoms with Crippen LogP contribution in [0.1, 0.15) is 56.1 Å². The van der Waals surface area contributed by atoms with E-state index in [-0.39, 0.29) is 35.8 Å².